The van der Waals surface area contributed by atoms with E-state index in [1.54, 1.807) is 24.3 Å². The molecule has 0 radical (unpaired) electrons. The van der Waals surface area contributed by atoms with Crippen LogP contribution in [0.25, 0.3) is 0 Å². The van der Waals surface area contributed by atoms with Gasteiger partial charge in [0.15, 0.2) is 14.1 Å². The fourth-order valence-corrected chi connectivity index (χ4v) is 8.64. The molecule has 3 atom stereocenters. The van der Waals surface area contributed by atoms with Gasteiger partial charge in [-0.05, 0) is 77.2 Å². The Labute approximate surface area is 247 Å². The van der Waals surface area contributed by atoms with Crippen LogP contribution in [-0.4, -0.2) is 76.6 Å². The van der Waals surface area contributed by atoms with Crippen LogP contribution >= 0.6 is 0 Å². The third-order valence-corrected chi connectivity index (χ3v) is 14.8. The summed E-state index contributed by atoms with van der Waals surface area (Å²) in [5, 5.41) is -0.0936. The molecule has 2 heterocycles. The molecule has 1 spiro atoms. The predicted molar refractivity (Wildman–Crippen MR) is 159 cm³/mol. The summed E-state index contributed by atoms with van der Waals surface area (Å²) in [5.41, 5.74) is -0.618. The highest BCUT2D eigenvalue weighted by Crippen LogP contribution is 2.58. The van der Waals surface area contributed by atoms with Crippen molar-refractivity contribution in [2.45, 2.75) is 133 Å². The molecule has 9 nitrogen and oxygen atoms in total. The minimum absolute atomic E-state index is 0.0234. The summed E-state index contributed by atoms with van der Waals surface area (Å²) in [6, 6.07) is 6.05. The summed E-state index contributed by atoms with van der Waals surface area (Å²) in [5.74, 6) is -0.977. The van der Waals surface area contributed by atoms with Gasteiger partial charge in [0.05, 0.1) is 30.8 Å². The van der Waals surface area contributed by atoms with Crippen LogP contribution in [-0.2, 0) is 32.9 Å². The molecule has 3 aliphatic rings. The molecule has 1 aromatic rings. The largest absolute Gasteiger partial charge is 0.444 e. The van der Waals surface area contributed by atoms with Crippen molar-refractivity contribution in [2.24, 2.45) is 0 Å². The molecule has 0 aromatic heterocycles. The summed E-state index contributed by atoms with van der Waals surface area (Å²) in [6.45, 7) is 19.4. The molecule has 41 heavy (non-hydrogen) atoms. The molecule has 2 bridgehead atoms. The fourth-order valence-electron chi connectivity index (χ4n) is 6.10. The van der Waals surface area contributed by atoms with E-state index in [-0.39, 0.29) is 22.6 Å². The van der Waals surface area contributed by atoms with Crippen molar-refractivity contribution < 1.29 is 36.0 Å². The Morgan fingerprint density at radius 2 is 1.68 bits per heavy atom. The highest BCUT2D eigenvalue weighted by molar-refractivity contribution is 7.86. The number of carbonyl (C=O) groups is 1. The summed E-state index contributed by atoms with van der Waals surface area (Å²) < 4.78 is 57.3. The Hall–Kier alpha value is -1.50. The zero-order chi connectivity index (χ0) is 30.5. The van der Waals surface area contributed by atoms with Gasteiger partial charge < -0.3 is 18.6 Å². The van der Waals surface area contributed by atoms with Crippen molar-refractivity contribution in [3.05, 3.63) is 29.8 Å². The lowest BCUT2D eigenvalue weighted by molar-refractivity contribution is -0.277. The third kappa shape index (κ3) is 6.40. The molecule has 4 rings (SSSR count). The van der Waals surface area contributed by atoms with E-state index < -0.39 is 47.6 Å². The number of hydrogen-bond donors (Lipinski definition) is 0. The van der Waals surface area contributed by atoms with Gasteiger partial charge in [-0.25, -0.2) is 4.79 Å². The SMILES string of the molecule is Cc1ccc(S(=O)(=O)OCCC[C@H]2N(C(=O)OC(C)(C)C)[C@@H]3CCC4(OCCO4)[C@@]2(O[Si](C)(C)C(C)(C)C)C3)cc1. The first-order valence-electron chi connectivity index (χ1n) is 14.8. The topological polar surface area (TPSA) is 101 Å². The van der Waals surface area contributed by atoms with E-state index in [1.165, 1.54) is 0 Å². The van der Waals surface area contributed by atoms with E-state index in [4.69, 9.17) is 22.8 Å². The van der Waals surface area contributed by atoms with E-state index in [9.17, 15) is 13.2 Å². The quantitative estimate of drug-likeness (QED) is 0.196. The number of hydrogen-bond acceptors (Lipinski definition) is 8. The molecule has 11 heteroatoms. The zero-order valence-corrected chi connectivity index (χ0v) is 28.1. The summed E-state index contributed by atoms with van der Waals surface area (Å²) >= 11 is 0. The Morgan fingerprint density at radius 3 is 2.24 bits per heavy atom. The van der Waals surface area contributed by atoms with E-state index in [1.807, 2.05) is 32.6 Å². The summed E-state index contributed by atoms with van der Waals surface area (Å²) in [7, 11) is -6.31. The molecule has 2 saturated heterocycles. The van der Waals surface area contributed by atoms with Crippen molar-refractivity contribution in [1.29, 1.82) is 0 Å². The average molecular weight is 612 g/mol. The maximum atomic E-state index is 13.8. The molecule has 1 saturated carbocycles. The molecule has 232 valence electrons. The Bertz CT molecular complexity index is 1200. The van der Waals surface area contributed by atoms with Crippen LogP contribution in [0.15, 0.2) is 29.2 Å². The van der Waals surface area contributed by atoms with Crippen molar-refractivity contribution in [3.63, 3.8) is 0 Å². The molecular weight excluding hydrogens is 562 g/mol. The number of likely N-dealkylation sites (tertiary alicyclic amines) is 1. The number of aryl methyl sites for hydroxylation is 1. The molecule has 1 aliphatic carbocycles. The van der Waals surface area contributed by atoms with Gasteiger partial charge >= 0.3 is 6.09 Å². The number of ether oxygens (including phenoxy) is 3. The van der Waals surface area contributed by atoms with Gasteiger partial charge in [0.25, 0.3) is 10.1 Å². The van der Waals surface area contributed by atoms with Crippen molar-refractivity contribution >= 4 is 24.5 Å². The zero-order valence-electron chi connectivity index (χ0n) is 26.2. The summed E-state index contributed by atoms with van der Waals surface area (Å²) in [4.78, 5) is 15.7. The standard InChI is InChI=1S/C30H49NO8SSi/c1-22-12-14-24(15-13-22)40(33,34)37-18-10-11-25-29(39-41(8,9)28(5,6)7)21-23(16-17-30(29)35-19-20-36-30)31(25)26(32)38-27(2,3)4/h12-15,23,25H,10-11,16-21H2,1-9H3/t23-,25-,29-/m1/s1. The number of nitrogens with zero attached hydrogens (tertiary/aromatic N) is 1. The maximum absolute atomic E-state index is 13.8. The maximum Gasteiger partial charge on any atom is 0.410 e. The highest BCUT2D eigenvalue weighted by atomic mass is 32.2. The van der Waals surface area contributed by atoms with Crippen LogP contribution in [0.1, 0.15) is 79.2 Å². The minimum Gasteiger partial charge on any atom is -0.444 e. The first-order chi connectivity index (χ1) is 18.8. The van der Waals surface area contributed by atoms with Crippen LogP contribution in [0.4, 0.5) is 4.79 Å². The second-order valence-electron chi connectivity index (χ2n) is 14.2. The second-order valence-corrected chi connectivity index (χ2v) is 20.6. The second kappa shape index (κ2) is 11.2. The van der Waals surface area contributed by atoms with Gasteiger partial charge in [-0.2, -0.15) is 8.42 Å². The Balaban J connectivity index is 1.66. The van der Waals surface area contributed by atoms with Crippen LogP contribution in [0, 0.1) is 6.92 Å². The van der Waals surface area contributed by atoms with Gasteiger partial charge in [-0.3, -0.25) is 9.08 Å². The number of benzene rings is 1. The van der Waals surface area contributed by atoms with E-state index in [0.29, 0.717) is 45.3 Å². The Morgan fingerprint density at radius 1 is 1.07 bits per heavy atom. The van der Waals surface area contributed by atoms with Gasteiger partial charge in [-0.1, -0.05) is 38.5 Å². The number of rotatable bonds is 8. The third-order valence-electron chi connectivity index (χ3n) is 9.03. The van der Waals surface area contributed by atoms with Crippen LogP contribution in [0.5, 0.6) is 0 Å². The van der Waals surface area contributed by atoms with Crippen molar-refractivity contribution in [3.8, 4) is 0 Å². The predicted octanol–water partition coefficient (Wildman–Crippen LogP) is 6.16. The molecular formula is C30H49NO8SSi. The smallest absolute Gasteiger partial charge is 0.410 e. The number of carbonyl (C=O) groups excluding carboxylic acids is 1. The van der Waals surface area contributed by atoms with Gasteiger partial charge in [0.2, 0.25) is 0 Å². The Kier molecular flexibility index (Phi) is 8.86. The number of fused-ring (bicyclic) bond motifs is 3. The van der Waals surface area contributed by atoms with E-state index in [0.717, 1.165) is 5.56 Å². The van der Waals surface area contributed by atoms with Gasteiger partial charge in [0, 0.05) is 18.9 Å². The highest BCUT2D eigenvalue weighted by Gasteiger charge is 2.72. The number of amides is 1. The minimum atomic E-state index is -3.91. The lowest BCUT2D eigenvalue weighted by Crippen LogP contribution is -2.67. The lowest BCUT2D eigenvalue weighted by atomic mass is 9.76. The molecule has 1 aromatic carbocycles. The summed E-state index contributed by atoms with van der Waals surface area (Å²) in [6.07, 6.45) is 2.34. The molecule has 3 fully saturated rings. The van der Waals surface area contributed by atoms with Crippen LogP contribution in [0.3, 0.4) is 0 Å². The first-order valence-corrected chi connectivity index (χ1v) is 19.1. The van der Waals surface area contributed by atoms with Crippen LogP contribution in [0.2, 0.25) is 18.1 Å². The fraction of sp³-hybridized carbons (Fsp3) is 0.767. The molecule has 2 aliphatic heterocycles. The van der Waals surface area contributed by atoms with Crippen LogP contribution < -0.4 is 0 Å². The van der Waals surface area contributed by atoms with E-state index in [2.05, 4.69) is 33.9 Å². The lowest BCUT2D eigenvalue weighted by Gasteiger charge is -2.54. The average Bonchev–Trinajstić information content (AvgIpc) is 3.40. The normalized spacial score (nSPS) is 26.5. The molecule has 1 amide bonds. The van der Waals surface area contributed by atoms with Gasteiger partial charge in [0.1, 0.15) is 11.2 Å². The van der Waals surface area contributed by atoms with Crippen molar-refractivity contribution in [1.82, 2.24) is 4.90 Å². The molecule has 0 unspecified atom stereocenters. The van der Waals surface area contributed by atoms with Gasteiger partial charge in [-0.15, -0.1) is 0 Å². The van der Waals surface area contributed by atoms with E-state index >= 15 is 0 Å². The first kappa shape index (κ1) is 32.4. The van der Waals surface area contributed by atoms with Crippen molar-refractivity contribution in [2.75, 3.05) is 19.8 Å². The molecule has 0 N–H and O–H groups in total. The monoisotopic (exact) mass is 611 g/mol.